The highest BCUT2D eigenvalue weighted by molar-refractivity contribution is 9.10. The van der Waals surface area contributed by atoms with Gasteiger partial charge in [-0.25, -0.2) is 0 Å². The van der Waals surface area contributed by atoms with Crippen LogP contribution < -0.4 is 5.73 Å². The van der Waals surface area contributed by atoms with Crippen LogP contribution in [0.3, 0.4) is 0 Å². The highest BCUT2D eigenvalue weighted by atomic mass is 79.9. The van der Waals surface area contributed by atoms with E-state index in [9.17, 15) is 0 Å². The Labute approximate surface area is 104 Å². The molecule has 1 fully saturated rings. The maximum absolute atomic E-state index is 5.72. The quantitative estimate of drug-likeness (QED) is 0.812. The molecule has 0 spiro atoms. The molecule has 1 saturated carbocycles. The number of thioether (sulfide) groups is 1. The van der Waals surface area contributed by atoms with E-state index in [0.29, 0.717) is 0 Å². The maximum atomic E-state index is 5.72. The van der Waals surface area contributed by atoms with E-state index in [1.807, 2.05) is 23.9 Å². The molecule has 1 nitrogen and oxygen atoms in total. The molecule has 1 aliphatic rings. The van der Waals surface area contributed by atoms with Crippen LogP contribution in [0.5, 0.6) is 0 Å². The molecule has 0 aromatic heterocycles. The van der Waals surface area contributed by atoms with Crippen molar-refractivity contribution in [2.24, 2.45) is 0 Å². The van der Waals surface area contributed by atoms with Gasteiger partial charge in [-0.15, -0.1) is 11.8 Å². The zero-order chi connectivity index (χ0) is 10.7. The molecule has 2 N–H and O–H groups in total. The molecule has 15 heavy (non-hydrogen) atoms. The molecule has 0 bridgehead atoms. The summed E-state index contributed by atoms with van der Waals surface area (Å²) in [7, 11) is 0. The number of halogens is 1. The Morgan fingerprint density at radius 1 is 1.20 bits per heavy atom. The van der Waals surface area contributed by atoms with Crippen molar-refractivity contribution < 1.29 is 0 Å². The smallest absolute Gasteiger partial charge is 0.0331 e. The summed E-state index contributed by atoms with van der Waals surface area (Å²) in [5.41, 5.74) is 6.55. The summed E-state index contributed by atoms with van der Waals surface area (Å²) in [6.07, 6.45) is 6.93. The van der Waals surface area contributed by atoms with Gasteiger partial charge in [0.15, 0.2) is 0 Å². The van der Waals surface area contributed by atoms with Crippen LogP contribution in [0.25, 0.3) is 0 Å². The average Bonchev–Trinajstić information content (AvgIpc) is 2.24. The Morgan fingerprint density at radius 2 is 1.93 bits per heavy atom. The third kappa shape index (κ3) is 3.15. The number of nitrogen functional groups attached to an aromatic ring is 1. The first-order valence-electron chi connectivity index (χ1n) is 5.47. The second-order valence-corrected chi connectivity index (χ2v) is 6.26. The Balaban J connectivity index is 2.03. The zero-order valence-corrected chi connectivity index (χ0v) is 11.1. The van der Waals surface area contributed by atoms with Gasteiger partial charge in [0.1, 0.15) is 0 Å². The van der Waals surface area contributed by atoms with Gasteiger partial charge in [-0.05, 0) is 47.0 Å². The molecule has 1 aromatic carbocycles. The van der Waals surface area contributed by atoms with Crippen molar-refractivity contribution in [2.45, 2.75) is 42.2 Å². The molecule has 0 aliphatic heterocycles. The third-order valence-corrected chi connectivity index (χ3v) is 5.13. The summed E-state index contributed by atoms with van der Waals surface area (Å²) in [5, 5.41) is 0.804. The molecule has 1 aliphatic carbocycles. The topological polar surface area (TPSA) is 26.0 Å². The fourth-order valence-corrected chi connectivity index (χ4v) is 3.90. The van der Waals surface area contributed by atoms with E-state index in [4.69, 9.17) is 5.73 Å². The molecule has 82 valence electrons. The molecule has 0 unspecified atom stereocenters. The van der Waals surface area contributed by atoms with E-state index < -0.39 is 0 Å². The number of rotatable bonds is 2. The minimum absolute atomic E-state index is 0.804. The molecule has 0 radical (unpaired) electrons. The van der Waals surface area contributed by atoms with Crippen molar-refractivity contribution in [1.29, 1.82) is 0 Å². The number of nitrogens with two attached hydrogens (primary N) is 1. The summed E-state index contributed by atoms with van der Waals surface area (Å²) >= 11 is 5.57. The van der Waals surface area contributed by atoms with Gasteiger partial charge in [-0.2, -0.15) is 0 Å². The summed E-state index contributed by atoms with van der Waals surface area (Å²) in [6.45, 7) is 0. The van der Waals surface area contributed by atoms with Gasteiger partial charge in [0.2, 0.25) is 0 Å². The largest absolute Gasteiger partial charge is 0.399 e. The summed E-state index contributed by atoms with van der Waals surface area (Å²) < 4.78 is 1.14. The zero-order valence-electron chi connectivity index (χ0n) is 8.71. The predicted octanol–water partition coefficient (Wildman–Crippen LogP) is 4.46. The highest BCUT2D eigenvalue weighted by Crippen LogP contribution is 2.37. The monoisotopic (exact) mass is 285 g/mol. The molecule has 2 rings (SSSR count). The van der Waals surface area contributed by atoms with E-state index in [2.05, 4.69) is 22.0 Å². The van der Waals surface area contributed by atoms with E-state index in [0.717, 1.165) is 15.4 Å². The molecule has 0 amide bonds. The molecule has 0 heterocycles. The predicted molar refractivity (Wildman–Crippen MR) is 71.3 cm³/mol. The number of benzene rings is 1. The lowest BCUT2D eigenvalue weighted by molar-refractivity contribution is 0.516. The van der Waals surface area contributed by atoms with Crippen LogP contribution in [0.15, 0.2) is 27.6 Å². The number of hydrogen-bond acceptors (Lipinski definition) is 2. The second kappa shape index (κ2) is 5.26. The van der Waals surface area contributed by atoms with Crippen molar-refractivity contribution in [1.82, 2.24) is 0 Å². The lowest BCUT2D eigenvalue weighted by atomic mass is 10.0. The molecule has 0 saturated heterocycles. The molecule has 3 heteroatoms. The summed E-state index contributed by atoms with van der Waals surface area (Å²) in [6, 6.07) is 6.10. The van der Waals surface area contributed by atoms with Crippen molar-refractivity contribution in [3.63, 3.8) is 0 Å². The number of hydrogen-bond donors (Lipinski definition) is 1. The average molecular weight is 286 g/mol. The third-order valence-electron chi connectivity index (χ3n) is 2.80. The molecule has 0 atom stereocenters. The SMILES string of the molecule is Nc1ccc(SC2CCCCC2)c(Br)c1. The molecular formula is C12H16BrNS. The minimum atomic E-state index is 0.804. The van der Waals surface area contributed by atoms with Crippen LogP contribution in [0.4, 0.5) is 5.69 Å². The van der Waals surface area contributed by atoms with E-state index in [1.165, 1.54) is 37.0 Å². The van der Waals surface area contributed by atoms with E-state index >= 15 is 0 Å². The Bertz CT molecular complexity index is 334. The summed E-state index contributed by atoms with van der Waals surface area (Å²) in [4.78, 5) is 1.33. The standard InChI is InChI=1S/C12H16BrNS/c13-11-8-9(14)6-7-12(11)15-10-4-2-1-3-5-10/h6-8,10H,1-5,14H2. The van der Waals surface area contributed by atoms with Crippen LogP contribution in [-0.4, -0.2) is 5.25 Å². The minimum Gasteiger partial charge on any atom is -0.399 e. The Morgan fingerprint density at radius 3 is 2.60 bits per heavy atom. The Kier molecular flexibility index (Phi) is 3.98. The maximum Gasteiger partial charge on any atom is 0.0331 e. The van der Waals surface area contributed by atoms with Gasteiger partial charge < -0.3 is 5.73 Å². The first-order chi connectivity index (χ1) is 7.25. The second-order valence-electron chi connectivity index (χ2n) is 4.07. The lowest BCUT2D eigenvalue weighted by Gasteiger charge is -2.21. The van der Waals surface area contributed by atoms with Crippen LogP contribution >= 0.6 is 27.7 Å². The summed E-state index contributed by atoms with van der Waals surface area (Å²) in [5.74, 6) is 0. The van der Waals surface area contributed by atoms with Crippen molar-refractivity contribution in [3.8, 4) is 0 Å². The van der Waals surface area contributed by atoms with E-state index in [1.54, 1.807) is 0 Å². The lowest BCUT2D eigenvalue weighted by Crippen LogP contribution is -2.07. The van der Waals surface area contributed by atoms with Crippen LogP contribution in [-0.2, 0) is 0 Å². The molecule has 1 aromatic rings. The van der Waals surface area contributed by atoms with Crippen molar-refractivity contribution in [2.75, 3.05) is 5.73 Å². The van der Waals surface area contributed by atoms with Gasteiger partial charge in [-0.3, -0.25) is 0 Å². The highest BCUT2D eigenvalue weighted by Gasteiger charge is 2.15. The van der Waals surface area contributed by atoms with Crippen molar-refractivity contribution >= 4 is 33.4 Å². The molecular weight excluding hydrogens is 270 g/mol. The Hall–Kier alpha value is -0.150. The number of anilines is 1. The fourth-order valence-electron chi connectivity index (χ4n) is 1.98. The van der Waals surface area contributed by atoms with Crippen LogP contribution in [0, 0.1) is 0 Å². The van der Waals surface area contributed by atoms with Gasteiger partial charge in [-0.1, -0.05) is 19.3 Å². The van der Waals surface area contributed by atoms with Crippen molar-refractivity contribution in [3.05, 3.63) is 22.7 Å². The van der Waals surface area contributed by atoms with Crippen LogP contribution in [0.2, 0.25) is 0 Å². The fraction of sp³-hybridized carbons (Fsp3) is 0.500. The first kappa shape index (κ1) is 11.3. The van der Waals surface area contributed by atoms with Gasteiger partial charge in [0.25, 0.3) is 0 Å². The van der Waals surface area contributed by atoms with Crippen LogP contribution in [0.1, 0.15) is 32.1 Å². The van der Waals surface area contributed by atoms with Gasteiger partial charge >= 0.3 is 0 Å². The van der Waals surface area contributed by atoms with Gasteiger partial charge in [0.05, 0.1) is 0 Å². The van der Waals surface area contributed by atoms with E-state index in [-0.39, 0.29) is 0 Å². The normalized spacial score (nSPS) is 17.9. The first-order valence-corrected chi connectivity index (χ1v) is 7.14. The van der Waals surface area contributed by atoms with Gasteiger partial charge in [0, 0.05) is 20.3 Å².